The summed E-state index contributed by atoms with van der Waals surface area (Å²) in [6.45, 7) is 5.36. The average molecular weight is 100 g/mol. The van der Waals surface area contributed by atoms with Crippen molar-refractivity contribution in [1.82, 2.24) is 5.32 Å². The van der Waals surface area contributed by atoms with Crippen LogP contribution < -0.4 is 11.1 Å². The van der Waals surface area contributed by atoms with Crippen LogP contribution in [0.25, 0.3) is 0 Å². The first-order valence-electron chi connectivity index (χ1n) is 2.24. The molecule has 0 spiro atoms. The van der Waals surface area contributed by atoms with Crippen molar-refractivity contribution in [2.24, 2.45) is 5.73 Å². The van der Waals surface area contributed by atoms with Crippen LogP contribution in [0.5, 0.6) is 0 Å². The molecule has 2 heteroatoms. The van der Waals surface area contributed by atoms with Gasteiger partial charge < -0.3 is 5.73 Å². The van der Waals surface area contributed by atoms with Gasteiger partial charge in [-0.1, -0.05) is 12.7 Å². The molecular formula is C5H12N2. The van der Waals surface area contributed by atoms with Crippen molar-refractivity contribution in [3.63, 3.8) is 0 Å². The highest BCUT2D eigenvalue weighted by Crippen LogP contribution is 1.89. The Morgan fingerprint density at radius 2 is 2.29 bits per heavy atom. The molecular weight excluding hydrogens is 88.1 g/mol. The number of hydrogen-bond acceptors (Lipinski definition) is 2. The highest BCUT2D eigenvalue weighted by atomic mass is 15.1. The fraction of sp³-hybridized carbons (Fsp3) is 0.600. The second kappa shape index (κ2) is 2.09. The molecule has 0 aromatic heterocycles. The van der Waals surface area contributed by atoms with Crippen molar-refractivity contribution in [3.8, 4) is 0 Å². The minimum atomic E-state index is -0.403. The number of hydrogen-bond donors (Lipinski definition) is 2. The molecule has 0 fully saturated rings. The third-order valence-corrected chi connectivity index (χ3v) is 0.963. The smallest absolute Gasteiger partial charge is 0.0819 e. The van der Waals surface area contributed by atoms with E-state index < -0.39 is 5.66 Å². The summed E-state index contributed by atoms with van der Waals surface area (Å²) in [5.41, 5.74) is 5.08. The molecule has 0 saturated heterocycles. The van der Waals surface area contributed by atoms with Crippen LogP contribution in [0.1, 0.15) is 6.92 Å². The second-order valence-corrected chi connectivity index (χ2v) is 1.74. The molecule has 0 aliphatic heterocycles. The van der Waals surface area contributed by atoms with Gasteiger partial charge in [-0.05, 0) is 14.0 Å². The quantitative estimate of drug-likeness (QED) is 0.380. The topological polar surface area (TPSA) is 38.0 Å². The molecule has 0 rings (SSSR count). The Kier molecular flexibility index (Phi) is 1.99. The van der Waals surface area contributed by atoms with Crippen molar-refractivity contribution in [3.05, 3.63) is 12.7 Å². The van der Waals surface area contributed by atoms with Crippen molar-refractivity contribution in [2.75, 3.05) is 7.05 Å². The molecule has 0 amide bonds. The Hall–Kier alpha value is -0.340. The lowest BCUT2D eigenvalue weighted by atomic mass is 10.2. The van der Waals surface area contributed by atoms with Crippen LogP contribution in [-0.2, 0) is 0 Å². The van der Waals surface area contributed by atoms with Gasteiger partial charge in [-0.15, -0.1) is 0 Å². The van der Waals surface area contributed by atoms with Gasteiger partial charge in [-0.25, -0.2) is 0 Å². The molecule has 0 heterocycles. The number of rotatable bonds is 2. The Labute approximate surface area is 44.4 Å². The number of nitrogens with one attached hydrogen (secondary N) is 1. The molecule has 0 aromatic carbocycles. The van der Waals surface area contributed by atoms with E-state index in [0.29, 0.717) is 0 Å². The monoisotopic (exact) mass is 100 g/mol. The fourth-order valence-electron chi connectivity index (χ4n) is 0.102. The van der Waals surface area contributed by atoms with E-state index in [9.17, 15) is 0 Å². The van der Waals surface area contributed by atoms with Crippen LogP contribution >= 0.6 is 0 Å². The van der Waals surface area contributed by atoms with Gasteiger partial charge in [0.1, 0.15) is 0 Å². The van der Waals surface area contributed by atoms with E-state index >= 15 is 0 Å². The van der Waals surface area contributed by atoms with Crippen molar-refractivity contribution in [1.29, 1.82) is 0 Å². The summed E-state index contributed by atoms with van der Waals surface area (Å²) in [5.74, 6) is 0. The Morgan fingerprint density at radius 1 is 1.86 bits per heavy atom. The second-order valence-electron chi connectivity index (χ2n) is 1.74. The molecule has 42 valence electrons. The van der Waals surface area contributed by atoms with E-state index in [1.165, 1.54) is 0 Å². The van der Waals surface area contributed by atoms with Crippen LogP contribution in [0.4, 0.5) is 0 Å². The normalized spacial score (nSPS) is 18.1. The van der Waals surface area contributed by atoms with E-state index in [0.717, 1.165) is 0 Å². The minimum absolute atomic E-state index is 0.403. The number of nitrogens with two attached hydrogens (primary N) is 1. The standard InChI is InChI=1S/C5H12N2/c1-4-5(2,6)7-3/h4,7H,1,6H2,2-3H3. The first kappa shape index (κ1) is 6.66. The van der Waals surface area contributed by atoms with Crippen molar-refractivity contribution >= 4 is 0 Å². The molecule has 0 aliphatic carbocycles. The zero-order valence-corrected chi connectivity index (χ0v) is 4.86. The molecule has 0 aromatic rings. The molecule has 1 atom stereocenters. The van der Waals surface area contributed by atoms with Gasteiger partial charge in [0.15, 0.2) is 0 Å². The maximum atomic E-state index is 5.49. The zero-order valence-electron chi connectivity index (χ0n) is 4.86. The van der Waals surface area contributed by atoms with E-state index in [1.54, 1.807) is 13.1 Å². The Bertz CT molecular complexity index is 66.5. The summed E-state index contributed by atoms with van der Waals surface area (Å²) >= 11 is 0. The fourth-order valence-corrected chi connectivity index (χ4v) is 0.102. The third kappa shape index (κ3) is 2.37. The zero-order chi connectivity index (χ0) is 5.91. The maximum absolute atomic E-state index is 5.49. The molecule has 0 bridgehead atoms. The average Bonchev–Trinajstić information content (AvgIpc) is 1.68. The summed E-state index contributed by atoms with van der Waals surface area (Å²) in [5, 5.41) is 2.85. The first-order valence-corrected chi connectivity index (χ1v) is 2.24. The van der Waals surface area contributed by atoms with Gasteiger partial charge in [0.2, 0.25) is 0 Å². The molecule has 2 nitrogen and oxygen atoms in total. The largest absolute Gasteiger partial charge is 0.310 e. The molecule has 0 radical (unpaired) electrons. The summed E-state index contributed by atoms with van der Waals surface area (Å²) in [6.07, 6.45) is 1.66. The van der Waals surface area contributed by atoms with Gasteiger partial charge in [0, 0.05) is 0 Å². The van der Waals surface area contributed by atoms with Crippen LogP contribution in [-0.4, -0.2) is 12.7 Å². The lowest BCUT2D eigenvalue weighted by Gasteiger charge is -2.17. The van der Waals surface area contributed by atoms with Crippen LogP contribution in [0.3, 0.4) is 0 Å². The summed E-state index contributed by atoms with van der Waals surface area (Å²) < 4.78 is 0. The van der Waals surface area contributed by atoms with Gasteiger partial charge in [-0.2, -0.15) is 0 Å². The predicted molar refractivity (Wildman–Crippen MR) is 31.8 cm³/mol. The van der Waals surface area contributed by atoms with Crippen molar-refractivity contribution < 1.29 is 0 Å². The molecule has 7 heavy (non-hydrogen) atoms. The minimum Gasteiger partial charge on any atom is -0.310 e. The van der Waals surface area contributed by atoms with E-state index in [1.807, 2.05) is 6.92 Å². The van der Waals surface area contributed by atoms with Gasteiger partial charge in [-0.3, -0.25) is 5.32 Å². The van der Waals surface area contributed by atoms with Gasteiger partial charge in [0.05, 0.1) is 5.66 Å². The van der Waals surface area contributed by atoms with Crippen molar-refractivity contribution in [2.45, 2.75) is 12.6 Å². The lowest BCUT2D eigenvalue weighted by Crippen LogP contribution is -2.46. The molecule has 3 N–H and O–H groups in total. The SMILES string of the molecule is C=CC(C)(N)NC. The lowest BCUT2D eigenvalue weighted by molar-refractivity contribution is 0.501. The molecule has 1 unspecified atom stereocenters. The number of likely N-dealkylation sites (N-methyl/N-ethyl adjacent to an activating group) is 1. The molecule has 0 saturated carbocycles. The van der Waals surface area contributed by atoms with E-state index in [4.69, 9.17) is 5.73 Å². The summed E-state index contributed by atoms with van der Waals surface area (Å²) in [4.78, 5) is 0. The van der Waals surface area contributed by atoms with E-state index in [2.05, 4.69) is 11.9 Å². The van der Waals surface area contributed by atoms with E-state index in [-0.39, 0.29) is 0 Å². The van der Waals surface area contributed by atoms with Crippen LogP contribution in [0, 0.1) is 0 Å². The Balaban J connectivity index is 3.58. The van der Waals surface area contributed by atoms with Crippen LogP contribution in [0.15, 0.2) is 12.7 Å². The summed E-state index contributed by atoms with van der Waals surface area (Å²) in [7, 11) is 1.79. The highest BCUT2D eigenvalue weighted by molar-refractivity contribution is 4.92. The summed E-state index contributed by atoms with van der Waals surface area (Å²) in [6, 6.07) is 0. The Morgan fingerprint density at radius 3 is 2.29 bits per heavy atom. The maximum Gasteiger partial charge on any atom is 0.0819 e. The van der Waals surface area contributed by atoms with Gasteiger partial charge >= 0.3 is 0 Å². The predicted octanol–water partition coefficient (Wildman–Crippen LogP) is 0.0667. The van der Waals surface area contributed by atoms with Crippen LogP contribution in [0.2, 0.25) is 0 Å². The molecule has 0 aliphatic rings. The third-order valence-electron chi connectivity index (χ3n) is 0.963. The first-order chi connectivity index (χ1) is 3.12. The highest BCUT2D eigenvalue weighted by Gasteiger charge is 2.06. The van der Waals surface area contributed by atoms with Gasteiger partial charge in [0.25, 0.3) is 0 Å².